The van der Waals surface area contributed by atoms with Crippen LogP contribution in [0.1, 0.15) is 27.2 Å². The van der Waals surface area contributed by atoms with Gasteiger partial charge in [-0.2, -0.15) is 0 Å². The lowest BCUT2D eigenvalue weighted by atomic mass is 9.99. The second kappa shape index (κ2) is 4.31. The molecule has 1 aromatic rings. The predicted molar refractivity (Wildman–Crippen MR) is 68.6 cm³/mol. The third kappa shape index (κ3) is 2.37. The van der Waals surface area contributed by atoms with E-state index >= 15 is 0 Å². The van der Waals surface area contributed by atoms with Crippen molar-refractivity contribution >= 4 is 23.0 Å². The van der Waals surface area contributed by atoms with E-state index in [0.29, 0.717) is 5.02 Å². The van der Waals surface area contributed by atoms with Gasteiger partial charge < -0.3 is 10.6 Å². The van der Waals surface area contributed by atoms with Crippen LogP contribution in [-0.2, 0) is 0 Å². The monoisotopic (exact) mass is 226 g/mol. The highest BCUT2D eigenvalue weighted by atomic mass is 35.5. The smallest absolute Gasteiger partial charge is 0.0790 e. The van der Waals surface area contributed by atoms with Gasteiger partial charge in [0.15, 0.2) is 0 Å². The number of nitrogens with two attached hydrogens (primary N) is 1. The van der Waals surface area contributed by atoms with Gasteiger partial charge in [-0.1, -0.05) is 24.6 Å². The van der Waals surface area contributed by atoms with E-state index in [1.165, 1.54) is 0 Å². The number of halogens is 1. The molecule has 84 valence electrons. The molecule has 15 heavy (non-hydrogen) atoms. The quantitative estimate of drug-likeness (QED) is 0.799. The number of nitrogen functional groups attached to an aromatic ring is 1. The van der Waals surface area contributed by atoms with Gasteiger partial charge >= 0.3 is 0 Å². The van der Waals surface area contributed by atoms with Crippen LogP contribution < -0.4 is 10.6 Å². The summed E-state index contributed by atoms with van der Waals surface area (Å²) < 4.78 is 0. The minimum atomic E-state index is 0.0547. The van der Waals surface area contributed by atoms with E-state index in [1.54, 1.807) is 0 Å². The molecule has 0 fully saturated rings. The van der Waals surface area contributed by atoms with Gasteiger partial charge in [0, 0.05) is 12.6 Å². The number of nitrogens with zero attached hydrogens (tertiary/aromatic N) is 1. The topological polar surface area (TPSA) is 29.3 Å². The van der Waals surface area contributed by atoms with Crippen molar-refractivity contribution in [2.45, 2.75) is 32.7 Å². The summed E-state index contributed by atoms with van der Waals surface area (Å²) >= 11 is 6.17. The number of para-hydroxylation sites is 1. The number of anilines is 2. The molecule has 2 nitrogen and oxygen atoms in total. The maximum atomic E-state index is 6.17. The van der Waals surface area contributed by atoms with Gasteiger partial charge in [0.25, 0.3) is 0 Å². The minimum absolute atomic E-state index is 0.0547. The maximum Gasteiger partial charge on any atom is 0.0790 e. The van der Waals surface area contributed by atoms with Crippen LogP contribution in [-0.4, -0.2) is 12.6 Å². The molecule has 0 saturated heterocycles. The molecule has 0 atom stereocenters. The summed E-state index contributed by atoms with van der Waals surface area (Å²) in [6.45, 7) is 6.51. The third-order valence-corrected chi connectivity index (χ3v) is 3.43. The highest BCUT2D eigenvalue weighted by molar-refractivity contribution is 6.34. The zero-order valence-electron chi connectivity index (χ0n) is 9.84. The summed E-state index contributed by atoms with van der Waals surface area (Å²) in [6, 6.07) is 5.62. The Morgan fingerprint density at radius 1 is 1.40 bits per heavy atom. The Kier molecular flexibility index (Phi) is 3.50. The molecular formula is C12H19ClN2. The fourth-order valence-electron chi connectivity index (χ4n) is 1.43. The molecule has 0 saturated carbocycles. The number of benzene rings is 1. The largest absolute Gasteiger partial charge is 0.397 e. The van der Waals surface area contributed by atoms with Crippen LogP contribution in [0.5, 0.6) is 0 Å². The molecule has 0 amide bonds. The Morgan fingerprint density at radius 2 is 2.00 bits per heavy atom. The summed E-state index contributed by atoms with van der Waals surface area (Å²) in [5, 5.41) is 0.707. The van der Waals surface area contributed by atoms with E-state index in [9.17, 15) is 0 Å². The summed E-state index contributed by atoms with van der Waals surface area (Å²) in [4.78, 5) is 2.14. The Labute approximate surface area is 97.0 Å². The van der Waals surface area contributed by atoms with E-state index in [1.807, 2.05) is 25.2 Å². The Bertz CT molecular complexity index is 327. The Balaban J connectivity index is 3.16. The molecule has 0 aliphatic carbocycles. The average Bonchev–Trinajstić information content (AvgIpc) is 2.17. The lowest BCUT2D eigenvalue weighted by molar-refractivity contribution is 0.471. The standard InChI is InChI=1S/C12H19ClN2/c1-5-12(2,3)15(4)11-9(13)7-6-8-10(11)14/h6-8H,5,14H2,1-4H3. The molecule has 0 heterocycles. The molecule has 0 radical (unpaired) electrons. The summed E-state index contributed by atoms with van der Waals surface area (Å²) in [6.07, 6.45) is 1.04. The molecule has 1 aromatic carbocycles. The molecule has 0 aliphatic rings. The predicted octanol–water partition coefficient (Wildman–Crippen LogP) is 3.55. The van der Waals surface area contributed by atoms with Gasteiger partial charge in [0.1, 0.15) is 0 Å². The van der Waals surface area contributed by atoms with Crippen LogP contribution in [0, 0.1) is 0 Å². The molecule has 0 aromatic heterocycles. The van der Waals surface area contributed by atoms with Crippen LogP contribution in [0.2, 0.25) is 5.02 Å². The van der Waals surface area contributed by atoms with Gasteiger partial charge in [0.05, 0.1) is 16.4 Å². The van der Waals surface area contributed by atoms with Crippen molar-refractivity contribution in [3.05, 3.63) is 23.2 Å². The molecule has 3 heteroatoms. The maximum absolute atomic E-state index is 6.17. The minimum Gasteiger partial charge on any atom is -0.397 e. The third-order valence-electron chi connectivity index (χ3n) is 3.13. The van der Waals surface area contributed by atoms with Crippen molar-refractivity contribution < 1.29 is 0 Å². The van der Waals surface area contributed by atoms with Gasteiger partial charge in [-0.05, 0) is 32.4 Å². The lowest BCUT2D eigenvalue weighted by Crippen LogP contribution is -2.41. The first-order valence-electron chi connectivity index (χ1n) is 5.18. The second-order valence-corrected chi connectivity index (χ2v) is 4.81. The van der Waals surface area contributed by atoms with E-state index in [-0.39, 0.29) is 5.54 Å². The first kappa shape index (κ1) is 12.2. The molecule has 0 aliphatic heterocycles. The lowest BCUT2D eigenvalue weighted by Gasteiger charge is -2.37. The summed E-state index contributed by atoms with van der Waals surface area (Å²) in [5.74, 6) is 0. The zero-order valence-corrected chi connectivity index (χ0v) is 10.6. The fraction of sp³-hybridized carbons (Fsp3) is 0.500. The second-order valence-electron chi connectivity index (χ2n) is 4.40. The van der Waals surface area contributed by atoms with Crippen molar-refractivity contribution in [1.29, 1.82) is 0 Å². The van der Waals surface area contributed by atoms with Crippen LogP contribution >= 0.6 is 11.6 Å². The van der Waals surface area contributed by atoms with Gasteiger partial charge in [-0.3, -0.25) is 0 Å². The molecule has 2 N–H and O–H groups in total. The van der Waals surface area contributed by atoms with Crippen LogP contribution in [0.15, 0.2) is 18.2 Å². The van der Waals surface area contributed by atoms with Crippen LogP contribution in [0.3, 0.4) is 0 Å². The molecule has 1 rings (SSSR count). The van der Waals surface area contributed by atoms with Crippen LogP contribution in [0.25, 0.3) is 0 Å². The van der Waals surface area contributed by atoms with Crippen molar-refractivity contribution in [3.63, 3.8) is 0 Å². The first-order valence-corrected chi connectivity index (χ1v) is 5.55. The number of hydrogen-bond acceptors (Lipinski definition) is 2. The van der Waals surface area contributed by atoms with E-state index in [2.05, 4.69) is 25.7 Å². The first-order chi connectivity index (χ1) is 6.90. The SMILES string of the molecule is CCC(C)(C)N(C)c1c(N)cccc1Cl. The zero-order chi connectivity index (χ0) is 11.6. The summed E-state index contributed by atoms with van der Waals surface area (Å²) in [7, 11) is 2.03. The van der Waals surface area contributed by atoms with Gasteiger partial charge in [-0.25, -0.2) is 0 Å². The van der Waals surface area contributed by atoms with E-state index in [0.717, 1.165) is 17.8 Å². The highest BCUT2D eigenvalue weighted by Gasteiger charge is 2.24. The van der Waals surface area contributed by atoms with Crippen LogP contribution in [0.4, 0.5) is 11.4 Å². The molecule has 0 bridgehead atoms. The average molecular weight is 227 g/mol. The molecule has 0 unspecified atom stereocenters. The summed E-state index contributed by atoms with van der Waals surface area (Å²) in [5.41, 5.74) is 7.65. The van der Waals surface area contributed by atoms with Crippen molar-refractivity contribution in [2.24, 2.45) is 0 Å². The number of hydrogen-bond donors (Lipinski definition) is 1. The highest BCUT2D eigenvalue weighted by Crippen LogP contribution is 2.35. The van der Waals surface area contributed by atoms with Crippen molar-refractivity contribution in [2.75, 3.05) is 17.7 Å². The van der Waals surface area contributed by atoms with Gasteiger partial charge in [0.2, 0.25) is 0 Å². The molecular weight excluding hydrogens is 208 g/mol. The van der Waals surface area contributed by atoms with E-state index < -0.39 is 0 Å². The fourth-order valence-corrected chi connectivity index (χ4v) is 1.73. The normalized spacial score (nSPS) is 11.5. The van der Waals surface area contributed by atoms with Crippen molar-refractivity contribution in [3.8, 4) is 0 Å². The Morgan fingerprint density at radius 3 is 2.47 bits per heavy atom. The number of rotatable bonds is 3. The Hall–Kier alpha value is -0.890. The molecule has 0 spiro atoms. The van der Waals surface area contributed by atoms with E-state index in [4.69, 9.17) is 17.3 Å². The van der Waals surface area contributed by atoms with Crippen molar-refractivity contribution in [1.82, 2.24) is 0 Å². The van der Waals surface area contributed by atoms with Gasteiger partial charge in [-0.15, -0.1) is 0 Å².